The predicted molar refractivity (Wildman–Crippen MR) is 188 cm³/mol. The summed E-state index contributed by atoms with van der Waals surface area (Å²) < 4.78 is 6.06. The number of fused-ring (bicyclic) bond motifs is 2. The number of aliphatic hydroxyl groups excluding tert-OH is 4. The third-order valence-corrected chi connectivity index (χ3v) is 15.7. The van der Waals surface area contributed by atoms with E-state index in [-0.39, 0.29) is 72.6 Å². The van der Waals surface area contributed by atoms with Crippen molar-refractivity contribution >= 4 is 11.5 Å². The fraction of sp³-hybridized carbons (Fsp3) is 0.897. The molecule has 2 heterocycles. The van der Waals surface area contributed by atoms with Gasteiger partial charge in [-0.05, 0) is 119 Å². The summed E-state index contributed by atoms with van der Waals surface area (Å²) in [5.41, 5.74) is 1.81. The SMILES string of the molecule is C[C@@H]1[C@H]([C@@H](O)[C@](C)(O)[C@@H]2CC[C@]3(O)[C@H]4C(=NC[C@H](C)O)C(=O)[C@@H]5C[C@@H](O)[C@@H](O)C[C@@]56C[C@@H](C5CCC(N)NC5)C=C[C@@H](C[C@]23C)[C@@H]46)OC[C@@H]1C. The molecule has 0 aromatic heterocycles. The van der Waals surface area contributed by atoms with E-state index in [1.807, 2.05) is 13.8 Å². The van der Waals surface area contributed by atoms with Crippen LogP contribution in [-0.4, -0.2) is 110 Å². The molecule has 0 aromatic carbocycles. The van der Waals surface area contributed by atoms with Crippen LogP contribution in [-0.2, 0) is 9.53 Å². The number of aliphatic imine (C=N–C) groups is 1. The molecule has 50 heavy (non-hydrogen) atoms. The number of aliphatic hydroxyl groups is 6. The Bertz CT molecular complexity index is 1360. The number of nitrogens with one attached hydrogen (secondary N) is 1. The van der Waals surface area contributed by atoms with Crippen LogP contribution >= 0.6 is 0 Å². The maximum Gasteiger partial charge on any atom is 0.180 e. The maximum atomic E-state index is 15.0. The van der Waals surface area contributed by atoms with Crippen molar-refractivity contribution in [3.63, 3.8) is 0 Å². The monoisotopic (exact) mass is 701 g/mol. The van der Waals surface area contributed by atoms with Crippen LogP contribution in [0.2, 0.25) is 0 Å². The smallest absolute Gasteiger partial charge is 0.180 e. The Morgan fingerprint density at radius 3 is 2.46 bits per heavy atom. The van der Waals surface area contributed by atoms with E-state index in [2.05, 4.69) is 24.4 Å². The highest BCUT2D eigenvalue weighted by Crippen LogP contribution is 2.72. The maximum absolute atomic E-state index is 15.0. The van der Waals surface area contributed by atoms with E-state index in [1.165, 1.54) is 0 Å². The first-order valence-corrected chi connectivity index (χ1v) is 19.5. The van der Waals surface area contributed by atoms with Crippen LogP contribution in [0.5, 0.6) is 0 Å². The van der Waals surface area contributed by atoms with Crippen molar-refractivity contribution in [2.45, 2.75) is 134 Å². The lowest BCUT2D eigenvalue weighted by atomic mass is 9.38. The van der Waals surface area contributed by atoms with Crippen LogP contribution in [0.1, 0.15) is 86.0 Å². The summed E-state index contributed by atoms with van der Waals surface area (Å²) in [5.74, 6) is -1.73. The largest absolute Gasteiger partial charge is 0.391 e. The molecule has 0 amide bonds. The number of allylic oxidation sites excluding steroid dienone is 2. The molecule has 0 bridgehead atoms. The molecule has 5 aliphatic carbocycles. The van der Waals surface area contributed by atoms with Gasteiger partial charge >= 0.3 is 0 Å². The van der Waals surface area contributed by atoms with E-state index in [1.54, 1.807) is 13.8 Å². The van der Waals surface area contributed by atoms with E-state index in [0.29, 0.717) is 32.3 Å². The summed E-state index contributed by atoms with van der Waals surface area (Å²) in [7, 11) is 0. The standard InChI is InChI=1S/C39H63N3O8/c1-19-18-50-34(21(19)3)35(47)37(5,48)28-10-11-39(49)31-30-23(13-36(28,39)4)7-6-22(24-8-9-29(40)41-17-24)14-38(30)15-27(45)26(44)12-25(38)33(46)32(31)42-16-20(2)43/h6-7,19-31,34-35,41,43-45,47-49H,8-18,40H2,1-5H3/t19-,20-,21-,22-,23-,24?,25-,26+,27-,28+,29?,30-,31+,34+,35+,36+,37+,38-,39-/m0/s1. The number of Topliss-reactive ketones (excluding diaryl/α,β-unsaturated/α-hetero) is 1. The van der Waals surface area contributed by atoms with Gasteiger partial charge in [-0.15, -0.1) is 0 Å². The number of nitrogens with zero attached hydrogens (tertiary/aromatic N) is 1. The van der Waals surface area contributed by atoms with Gasteiger partial charge in [0.05, 0.1) is 54.0 Å². The Labute approximate surface area is 297 Å². The number of hydrogen-bond donors (Lipinski definition) is 8. The van der Waals surface area contributed by atoms with Gasteiger partial charge in [-0.25, -0.2) is 0 Å². The van der Waals surface area contributed by atoms with Crippen molar-refractivity contribution in [3.8, 4) is 0 Å². The molecule has 2 saturated heterocycles. The fourth-order valence-electron chi connectivity index (χ4n) is 12.9. The highest BCUT2D eigenvalue weighted by atomic mass is 16.5. The van der Waals surface area contributed by atoms with Crippen LogP contribution < -0.4 is 11.1 Å². The van der Waals surface area contributed by atoms with Crippen molar-refractivity contribution in [2.24, 2.45) is 74.8 Å². The van der Waals surface area contributed by atoms with Crippen molar-refractivity contribution in [1.82, 2.24) is 5.32 Å². The van der Waals surface area contributed by atoms with Gasteiger partial charge in [-0.1, -0.05) is 32.9 Å². The molecule has 11 nitrogen and oxygen atoms in total. The lowest BCUT2D eigenvalue weighted by molar-refractivity contribution is -0.233. The molecule has 282 valence electrons. The lowest BCUT2D eigenvalue weighted by Gasteiger charge is -2.66. The van der Waals surface area contributed by atoms with E-state index in [9.17, 15) is 30.6 Å². The zero-order valence-corrected chi connectivity index (χ0v) is 30.6. The Hall–Kier alpha value is -1.28. The zero-order chi connectivity index (χ0) is 36.1. The van der Waals surface area contributed by atoms with Crippen molar-refractivity contribution in [1.29, 1.82) is 0 Å². The molecule has 2 aliphatic heterocycles. The lowest BCUT2D eigenvalue weighted by Crippen LogP contribution is -2.72. The second-order valence-electron chi connectivity index (χ2n) is 18.5. The van der Waals surface area contributed by atoms with Gasteiger partial charge < -0.3 is 46.4 Å². The number of nitrogens with two attached hydrogens (primary N) is 1. The first kappa shape index (κ1) is 37.1. The quantitative estimate of drug-likeness (QED) is 0.188. The minimum Gasteiger partial charge on any atom is -0.391 e. The van der Waals surface area contributed by atoms with Crippen LogP contribution in [0.15, 0.2) is 17.1 Å². The van der Waals surface area contributed by atoms with E-state index < -0.39 is 70.3 Å². The Kier molecular flexibility index (Phi) is 9.59. The number of hydrogen-bond acceptors (Lipinski definition) is 11. The summed E-state index contributed by atoms with van der Waals surface area (Å²) in [4.78, 5) is 19.8. The molecule has 11 heteroatoms. The normalized spacial score (nSPS) is 53.6. The van der Waals surface area contributed by atoms with E-state index >= 15 is 4.79 Å². The highest BCUT2D eigenvalue weighted by Gasteiger charge is 2.76. The molecule has 9 N–H and O–H groups in total. The average Bonchev–Trinajstić information content (AvgIpc) is 3.48. The van der Waals surface area contributed by atoms with Crippen molar-refractivity contribution in [2.75, 3.05) is 19.7 Å². The Morgan fingerprint density at radius 1 is 1.10 bits per heavy atom. The highest BCUT2D eigenvalue weighted by molar-refractivity contribution is 6.42. The van der Waals surface area contributed by atoms with Gasteiger partial charge in [0.2, 0.25) is 0 Å². The van der Waals surface area contributed by atoms with Gasteiger partial charge in [0.25, 0.3) is 0 Å². The summed E-state index contributed by atoms with van der Waals surface area (Å²) in [6.45, 7) is 10.8. The molecular weight excluding hydrogens is 638 g/mol. The fourth-order valence-corrected chi connectivity index (χ4v) is 12.9. The van der Waals surface area contributed by atoms with Crippen LogP contribution in [0, 0.1) is 64.1 Å². The van der Waals surface area contributed by atoms with Gasteiger partial charge in [-0.2, -0.15) is 0 Å². The topological polar surface area (TPSA) is 198 Å². The number of carbonyl (C=O) groups is 1. The zero-order valence-electron chi connectivity index (χ0n) is 30.6. The minimum atomic E-state index is -1.60. The van der Waals surface area contributed by atoms with Gasteiger partial charge in [0.1, 0.15) is 6.10 Å². The molecule has 4 saturated carbocycles. The first-order valence-electron chi connectivity index (χ1n) is 19.5. The van der Waals surface area contributed by atoms with E-state index in [4.69, 9.17) is 15.5 Å². The number of piperidine rings is 1. The predicted octanol–water partition coefficient (Wildman–Crippen LogP) is 1.55. The van der Waals surface area contributed by atoms with Gasteiger partial charge in [0.15, 0.2) is 5.78 Å². The van der Waals surface area contributed by atoms with Crippen molar-refractivity contribution in [3.05, 3.63) is 12.2 Å². The number of ether oxygens (including phenoxy) is 1. The second kappa shape index (κ2) is 12.9. The summed E-state index contributed by atoms with van der Waals surface area (Å²) in [6, 6.07) is 0. The molecule has 19 atom stereocenters. The molecule has 0 aromatic rings. The Morgan fingerprint density at radius 2 is 1.82 bits per heavy atom. The molecule has 6 fully saturated rings. The van der Waals surface area contributed by atoms with Crippen LogP contribution in [0.25, 0.3) is 0 Å². The third kappa shape index (κ3) is 5.46. The van der Waals surface area contributed by atoms with Crippen LogP contribution in [0.4, 0.5) is 0 Å². The molecular formula is C39H63N3O8. The summed E-state index contributed by atoms with van der Waals surface area (Å²) >= 11 is 0. The van der Waals surface area contributed by atoms with Gasteiger partial charge in [-0.3, -0.25) is 9.79 Å². The summed E-state index contributed by atoms with van der Waals surface area (Å²) in [6.07, 6.45) is 4.08. The van der Waals surface area contributed by atoms with Gasteiger partial charge in [0, 0.05) is 23.9 Å². The molecule has 7 rings (SSSR count). The average molecular weight is 702 g/mol. The number of ketones is 1. The minimum absolute atomic E-state index is 0.00800. The molecule has 0 radical (unpaired) electrons. The second-order valence-corrected chi connectivity index (χ2v) is 18.5. The number of rotatable bonds is 6. The molecule has 2 unspecified atom stereocenters. The molecule has 1 spiro atoms. The number of carbonyl (C=O) groups excluding carboxylic acids is 1. The van der Waals surface area contributed by atoms with E-state index in [0.717, 1.165) is 19.4 Å². The van der Waals surface area contributed by atoms with Crippen molar-refractivity contribution < 1.29 is 40.2 Å². The summed E-state index contributed by atoms with van der Waals surface area (Å²) in [5, 5.41) is 74.0. The molecule has 7 aliphatic rings. The Balaban J connectivity index is 1.36. The van der Waals surface area contributed by atoms with Crippen LogP contribution in [0.3, 0.4) is 0 Å². The first-order chi connectivity index (χ1) is 23.5. The third-order valence-electron chi connectivity index (χ3n) is 15.7.